The van der Waals surface area contributed by atoms with E-state index >= 15 is 0 Å². The fourth-order valence-electron chi connectivity index (χ4n) is 3.63. The van der Waals surface area contributed by atoms with Gasteiger partial charge in [0, 0.05) is 11.5 Å². The first-order valence-electron chi connectivity index (χ1n) is 6.47. The summed E-state index contributed by atoms with van der Waals surface area (Å²) in [5, 5.41) is 9.58. The van der Waals surface area contributed by atoms with E-state index in [1.807, 2.05) is 0 Å². The van der Waals surface area contributed by atoms with Crippen molar-refractivity contribution in [2.45, 2.75) is 51.0 Å². The van der Waals surface area contributed by atoms with Gasteiger partial charge in [-0.05, 0) is 45.7 Å². The van der Waals surface area contributed by atoms with E-state index in [1.165, 1.54) is 44.9 Å². The highest BCUT2D eigenvalue weighted by molar-refractivity contribution is 5.04. The monoisotopic (exact) mass is 211 g/mol. The zero-order chi connectivity index (χ0) is 10.9. The molecule has 0 aliphatic heterocycles. The summed E-state index contributed by atoms with van der Waals surface area (Å²) in [6.07, 6.45) is 9.46. The average molecular weight is 211 g/mol. The molecule has 88 valence electrons. The first-order chi connectivity index (χ1) is 7.19. The second-order valence-electron chi connectivity index (χ2n) is 5.83. The quantitative estimate of drug-likeness (QED) is 0.771. The van der Waals surface area contributed by atoms with E-state index < -0.39 is 0 Å². The Labute approximate surface area is 93.7 Å². The lowest BCUT2D eigenvalue weighted by Crippen LogP contribution is -2.45. The molecule has 2 fully saturated rings. The molecule has 2 nitrogen and oxygen atoms in total. The molecule has 0 amide bonds. The van der Waals surface area contributed by atoms with Crippen molar-refractivity contribution in [2.75, 3.05) is 20.7 Å². The Bertz CT molecular complexity index is 205. The van der Waals surface area contributed by atoms with Crippen molar-refractivity contribution in [3.8, 4) is 0 Å². The van der Waals surface area contributed by atoms with Gasteiger partial charge in [0.25, 0.3) is 0 Å². The van der Waals surface area contributed by atoms with Gasteiger partial charge < -0.3 is 10.0 Å². The molecule has 0 aromatic heterocycles. The lowest BCUT2D eigenvalue weighted by molar-refractivity contribution is 0.0592. The fourth-order valence-corrected chi connectivity index (χ4v) is 3.63. The average Bonchev–Trinajstić information content (AvgIpc) is 3.00. The van der Waals surface area contributed by atoms with E-state index in [0.29, 0.717) is 12.6 Å². The molecule has 0 heterocycles. The minimum atomic E-state index is 0.269. The highest BCUT2D eigenvalue weighted by Gasteiger charge is 2.52. The number of aliphatic hydroxyl groups excluding tert-OH is 1. The van der Waals surface area contributed by atoms with Crippen LogP contribution in [0, 0.1) is 11.3 Å². The Balaban J connectivity index is 2.05. The van der Waals surface area contributed by atoms with Crippen LogP contribution in [0.3, 0.4) is 0 Å². The second-order valence-corrected chi connectivity index (χ2v) is 5.83. The minimum Gasteiger partial charge on any atom is -0.396 e. The molecular weight excluding hydrogens is 186 g/mol. The lowest BCUT2D eigenvalue weighted by Gasteiger charge is -2.40. The van der Waals surface area contributed by atoms with Crippen molar-refractivity contribution >= 4 is 0 Å². The molecular formula is C13H25NO. The summed E-state index contributed by atoms with van der Waals surface area (Å²) in [5.74, 6) is 0.836. The number of hydrogen-bond acceptors (Lipinski definition) is 2. The summed E-state index contributed by atoms with van der Waals surface area (Å²) in [5.41, 5.74) is 0.269. The first-order valence-corrected chi connectivity index (χ1v) is 6.47. The Kier molecular flexibility index (Phi) is 3.36. The third kappa shape index (κ3) is 2.21. The van der Waals surface area contributed by atoms with Gasteiger partial charge in [-0.3, -0.25) is 0 Å². The maximum absolute atomic E-state index is 9.58. The maximum atomic E-state index is 9.58. The Morgan fingerprint density at radius 1 is 1.20 bits per heavy atom. The van der Waals surface area contributed by atoms with E-state index in [2.05, 4.69) is 19.0 Å². The number of rotatable bonds is 4. The van der Waals surface area contributed by atoms with Crippen LogP contribution in [0.15, 0.2) is 0 Å². The molecule has 2 aliphatic rings. The van der Waals surface area contributed by atoms with Crippen LogP contribution >= 0.6 is 0 Å². The molecule has 0 aromatic carbocycles. The van der Waals surface area contributed by atoms with E-state index in [1.54, 1.807) is 0 Å². The van der Waals surface area contributed by atoms with Gasteiger partial charge in [0.15, 0.2) is 0 Å². The zero-order valence-corrected chi connectivity index (χ0v) is 10.2. The lowest BCUT2D eigenvalue weighted by atomic mass is 9.76. The SMILES string of the molecule is CN(C)C(C1CCCCC1)C1(CO)CC1. The molecule has 0 aromatic rings. The van der Waals surface area contributed by atoms with Crippen LogP contribution < -0.4 is 0 Å². The van der Waals surface area contributed by atoms with E-state index in [-0.39, 0.29) is 5.41 Å². The van der Waals surface area contributed by atoms with E-state index in [4.69, 9.17) is 0 Å². The largest absolute Gasteiger partial charge is 0.396 e. The molecule has 1 N–H and O–H groups in total. The Morgan fingerprint density at radius 2 is 1.80 bits per heavy atom. The van der Waals surface area contributed by atoms with Crippen LogP contribution in [0.25, 0.3) is 0 Å². The van der Waals surface area contributed by atoms with Gasteiger partial charge in [0.1, 0.15) is 0 Å². The van der Waals surface area contributed by atoms with Crippen molar-refractivity contribution in [2.24, 2.45) is 11.3 Å². The molecule has 2 heteroatoms. The predicted molar refractivity (Wildman–Crippen MR) is 62.8 cm³/mol. The minimum absolute atomic E-state index is 0.269. The van der Waals surface area contributed by atoms with Gasteiger partial charge in [0.05, 0.1) is 6.61 Å². The number of nitrogens with zero attached hydrogens (tertiary/aromatic N) is 1. The van der Waals surface area contributed by atoms with E-state index in [0.717, 1.165) is 5.92 Å². The van der Waals surface area contributed by atoms with Crippen LogP contribution in [-0.4, -0.2) is 36.8 Å². The Hall–Kier alpha value is -0.0800. The molecule has 0 bridgehead atoms. The number of aliphatic hydroxyl groups is 1. The molecule has 0 radical (unpaired) electrons. The smallest absolute Gasteiger partial charge is 0.0502 e. The summed E-state index contributed by atoms with van der Waals surface area (Å²) >= 11 is 0. The van der Waals surface area contributed by atoms with Gasteiger partial charge in [0.2, 0.25) is 0 Å². The van der Waals surface area contributed by atoms with E-state index in [9.17, 15) is 5.11 Å². The first kappa shape index (κ1) is 11.4. The number of hydrogen-bond donors (Lipinski definition) is 1. The molecule has 15 heavy (non-hydrogen) atoms. The molecule has 2 rings (SSSR count). The zero-order valence-electron chi connectivity index (χ0n) is 10.2. The second kappa shape index (κ2) is 4.42. The maximum Gasteiger partial charge on any atom is 0.0502 e. The van der Waals surface area contributed by atoms with Gasteiger partial charge in [-0.15, -0.1) is 0 Å². The van der Waals surface area contributed by atoms with Crippen LogP contribution in [-0.2, 0) is 0 Å². The summed E-state index contributed by atoms with van der Waals surface area (Å²) in [7, 11) is 4.38. The van der Waals surface area contributed by atoms with Crippen molar-refractivity contribution in [3.05, 3.63) is 0 Å². The van der Waals surface area contributed by atoms with Crippen LogP contribution in [0.1, 0.15) is 44.9 Å². The van der Waals surface area contributed by atoms with Crippen molar-refractivity contribution in [1.82, 2.24) is 4.90 Å². The summed E-state index contributed by atoms with van der Waals surface area (Å²) in [4.78, 5) is 2.37. The molecule has 2 saturated carbocycles. The van der Waals surface area contributed by atoms with Gasteiger partial charge in [-0.25, -0.2) is 0 Å². The third-order valence-electron chi connectivity index (χ3n) is 4.49. The summed E-state index contributed by atoms with van der Waals surface area (Å²) < 4.78 is 0. The van der Waals surface area contributed by atoms with Gasteiger partial charge in [-0.1, -0.05) is 19.3 Å². The molecule has 0 saturated heterocycles. The van der Waals surface area contributed by atoms with Crippen LogP contribution in [0.5, 0.6) is 0 Å². The van der Waals surface area contributed by atoms with Crippen molar-refractivity contribution in [3.63, 3.8) is 0 Å². The summed E-state index contributed by atoms with van der Waals surface area (Å²) in [6.45, 7) is 0.395. The fraction of sp³-hybridized carbons (Fsp3) is 1.00. The normalized spacial score (nSPS) is 28.0. The molecule has 0 spiro atoms. The highest BCUT2D eigenvalue weighted by atomic mass is 16.3. The van der Waals surface area contributed by atoms with Gasteiger partial charge in [-0.2, -0.15) is 0 Å². The molecule has 1 atom stereocenters. The van der Waals surface area contributed by atoms with Crippen LogP contribution in [0.4, 0.5) is 0 Å². The van der Waals surface area contributed by atoms with Crippen molar-refractivity contribution < 1.29 is 5.11 Å². The summed E-state index contributed by atoms with van der Waals surface area (Å²) in [6, 6.07) is 0.628. The van der Waals surface area contributed by atoms with Gasteiger partial charge >= 0.3 is 0 Å². The third-order valence-corrected chi connectivity index (χ3v) is 4.49. The standard InChI is InChI=1S/C13H25NO/c1-14(2)12(13(10-15)8-9-13)11-6-4-3-5-7-11/h11-12,15H,3-10H2,1-2H3. The Morgan fingerprint density at radius 3 is 2.20 bits per heavy atom. The van der Waals surface area contributed by atoms with Crippen LogP contribution in [0.2, 0.25) is 0 Å². The topological polar surface area (TPSA) is 23.5 Å². The molecule has 1 unspecified atom stereocenters. The molecule has 2 aliphatic carbocycles. The predicted octanol–water partition coefficient (Wildman–Crippen LogP) is 2.27. The van der Waals surface area contributed by atoms with Crippen molar-refractivity contribution in [1.29, 1.82) is 0 Å². The highest BCUT2D eigenvalue weighted by Crippen LogP contribution is 2.53.